The minimum Gasteiger partial charge on any atom is -0.341 e. The molecule has 0 aliphatic carbocycles. The third-order valence-electron chi connectivity index (χ3n) is 5.54. The van der Waals surface area contributed by atoms with Crippen molar-refractivity contribution in [1.29, 1.82) is 0 Å². The van der Waals surface area contributed by atoms with Crippen LogP contribution >= 0.6 is 0 Å². The molecule has 1 aliphatic rings. The molecule has 0 aromatic heterocycles. The van der Waals surface area contributed by atoms with Gasteiger partial charge < -0.3 is 10.6 Å². The zero-order chi connectivity index (χ0) is 17.8. The van der Waals surface area contributed by atoms with E-state index in [0.29, 0.717) is 18.4 Å². The van der Waals surface area contributed by atoms with Crippen LogP contribution in [0.5, 0.6) is 0 Å². The summed E-state index contributed by atoms with van der Waals surface area (Å²) in [5, 5.41) is 0. The average molecular weight is 336 g/mol. The van der Waals surface area contributed by atoms with Crippen molar-refractivity contribution in [3.8, 4) is 0 Å². The van der Waals surface area contributed by atoms with Gasteiger partial charge in [0.1, 0.15) is 0 Å². The maximum atomic E-state index is 13.0. The van der Waals surface area contributed by atoms with E-state index in [2.05, 4.69) is 55.5 Å². The van der Waals surface area contributed by atoms with Crippen LogP contribution in [0, 0.1) is 5.92 Å². The minimum absolute atomic E-state index is 0.112. The standard InChI is InChI=1S/C22H28N2O/c1-3-17-9-11-18(12-10-17)16(2)22(25)24-14-20(13-23)21(15-24)19-7-5-4-6-8-19/h4-12,16,20-21H,3,13-15,23H2,1-2H3/t16?,20-,21+/m1/s1. The Balaban J connectivity index is 1.73. The van der Waals surface area contributed by atoms with Gasteiger partial charge in [0.2, 0.25) is 5.91 Å². The van der Waals surface area contributed by atoms with E-state index in [4.69, 9.17) is 5.73 Å². The van der Waals surface area contributed by atoms with E-state index >= 15 is 0 Å². The van der Waals surface area contributed by atoms with Gasteiger partial charge in [-0.05, 0) is 42.5 Å². The number of nitrogens with two attached hydrogens (primary N) is 1. The summed E-state index contributed by atoms with van der Waals surface area (Å²) < 4.78 is 0. The van der Waals surface area contributed by atoms with Crippen LogP contribution in [0.15, 0.2) is 54.6 Å². The van der Waals surface area contributed by atoms with Crippen molar-refractivity contribution in [3.63, 3.8) is 0 Å². The van der Waals surface area contributed by atoms with Gasteiger partial charge in [-0.3, -0.25) is 4.79 Å². The molecule has 2 aromatic rings. The summed E-state index contributed by atoms with van der Waals surface area (Å²) in [6, 6.07) is 18.9. The van der Waals surface area contributed by atoms with Gasteiger partial charge in [0.15, 0.2) is 0 Å². The molecule has 1 saturated heterocycles. The molecule has 3 nitrogen and oxygen atoms in total. The second kappa shape index (κ2) is 7.83. The first-order valence-corrected chi connectivity index (χ1v) is 9.26. The molecule has 2 N–H and O–H groups in total. The molecule has 3 rings (SSSR count). The molecular weight excluding hydrogens is 308 g/mol. The molecule has 0 radical (unpaired) electrons. The summed E-state index contributed by atoms with van der Waals surface area (Å²) in [6.45, 7) is 6.29. The van der Waals surface area contributed by atoms with Crippen LogP contribution in [0.1, 0.15) is 42.4 Å². The maximum absolute atomic E-state index is 13.0. The van der Waals surface area contributed by atoms with E-state index in [1.807, 2.05) is 17.9 Å². The third-order valence-corrected chi connectivity index (χ3v) is 5.54. The zero-order valence-electron chi connectivity index (χ0n) is 15.2. The van der Waals surface area contributed by atoms with Crippen LogP contribution in [0.4, 0.5) is 0 Å². The number of likely N-dealkylation sites (tertiary alicyclic amines) is 1. The van der Waals surface area contributed by atoms with Crippen molar-refractivity contribution in [3.05, 3.63) is 71.3 Å². The molecule has 2 aromatic carbocycles. The van der Waals surface area contributed by atoms with Crippen molar-refractivity contribution in [2.45, 2.75) is 32.1 Å². The van der Waals surface area contributed by atoms with Crippen LogP contribution in [-0.2, 0) is 11.2 Å². The van der Waals surface area contributed by atoms with Crippen molar-refractivity contribution < 1.29 is 4.79 Å². The number of hydrogen-bond acceptors (Lipinski definition) is 2. The average Bonchev–Trinajstić information content (AvgIpc) is 3.12. The van der Waals surface area contributed by atoms with Gasteiger partial charge in [0, 0.05) is 19.0 Å². The van der Waals surface area contributed by atoms with Crippen molar-refractivity contribution in [1.82, 2.24) is 4.90 Å². The lowest BCUT2D eigenvalue weighted by Gasteiger charge is -2.21. The van der Waals surface area contributed by atoms with Gasteiger partial charge in [-0.1, -0.05) is 61.5 Å². The highest BCUT2D eigenvalue weighted by molar-refractivity contribution is 5.83. The van der Waals surface area contributed by atoms with Gasteiger partial charge in [-0.15, -0.1) is 0 Å². The normalized spacial score (nSPS) is 21.3. The van der Waals surface area contributed by atoms with E-state index < -0.39 is 0 Å². The number of amides is 1. The molecule has 0 saturated carbocycles. The van der Waals surface area contributed by atoms with E-state index in [0.717, 1.165) is 25.1 Å². The summed E-state index contributed by atoms with van der Waals surface area (Å²) in [4.78, 5) is 15.0. The predicted octanol–water partition coefficient (Wildman–Crippen LogP) is 3.55. The monoisotopic (exact) mass is 336 g/mol. The number of nitrogens with zero attached hydrogens (tertiary/aromatic N) is 1. The van der Waals surface area contributed by atoms with Crippen LogP contribution in [-0.4, -0.2) is 30.4 Å². The molecule has 1 unspecified atom stereocenters. The molecule has 0 bridgehead atoms. The summed E-state index contributed by atoms with van der Waals surface area (Å²) >= 11 is 0. The smallest absolute Gasteiger partial charge is 0.229 e. The Labute approximate surface area is 150 Å². The number of aryl methyl sites for hydroxylation is 1. The number of carbonyl (C=O) groups is 1. The SMILES string of the molecule is CCc1ccc(C(C)C(=O)N2C[C@@H](CN)[C@H](c3ccccc3)C2)cc1. The van der Waals surface area contributed by atoms with Gasteiger partial charge in [-0.25, -0.2) is 0 Å². The van der Waals surface area contributed by atoms with Gasteiger partial charge >= 0.3 is 0 Å². The van der Waals surface area contributed by atoms with Crippen LogP contribution in [0.3, 0.4) is 0 Å². The highest BCUT2D eigenvalue weighted by Gasteiger charge is 2.36. The Bertz CT molecular complexity index is 696. The molecule has 132 valence electrons. The van der Waals surface area contributed by atoms with E-state index in [-0.39, 0.29) is 11.8 Å². The highest BCUT2D eigenvalue weighted by atomic mass is 16.2. The van der Waals surface area contributed by atoms with E-state index in [1.165, 1.54) is 11.1 Å². The summed E-state index contributed by atoms with van der Waals surface area (Å²) in [5.74, 6) is 0.769. The predicted molar refractivity (Wildman–Crippen MR) is 103 cm³/mol. The Kier molecular flexibility index (Phi) is 5.54. The molecule has 25 heavy (non-hydrogen) atoms. The first-order chi connectivity index (χ1) is 12.1. The first kappa shape index (κ1) is 17.7. The maximum Gasteiger partial charge on any atom is 0.229 e. The third kappa shape index (κ3) is 3.77. The highest BCUT2D eigenvalue weighted by Crippen LogP contribution is 2.33. The van der Waals surface area contributed by atoms with E-state index in [1.54, 1.807) is 0 Å². The molecule has 1 amide bonds. The molecule has 1 fully saturated rings. The van der Waals surface area contributed by atoms with Crippen molar-refractivity contribution >= 4 is 5.91 Å². The molecule has 1 heterocycles. The zero-order valence-corrected chi connectivity index (χ0v) is 15.2. The van der Waals surface area contributed by atoms with Gasteiger partial charge in [0.05, 0.1) is 5.92 Å². The number of rotatable bonds is 5. The number of carbonyl (C=O) groups excluding carboxylic acids is 1. The fraction of sp³-hybridized carbons (Fsp3) is 0.409. The summed E-state index contributed by atoms with van der Waals surface area (Å²) in [5.41, 5.74) is 9.69. The lowest BCUT2D eigenvalue weighted by molar-refractivity contribution is -0.131. The Hall–Kier alpha value is -2.13. The molecule has 1 aliphatic heterocycles. The van der Waals surface area contributed by atoms with Gasteiger partial charge in [-0.2, -0.15) is 0 Å². The van der Waals surface area contributed by atoms with Crippen LogP contribution in [0.2, 0.25) is 0 Å². The van der Waals surface area contributed by atoms with Crippen LogP contribution in [0.25, 0.3) is 0 Å². The summed E-state index contributed by atoms with van der Waals surface area (Å²) in [6.07, 6.45) is 1.02. The molecule has 3 atom stereocenters. The second-order valence-electron chi connectivity index (χ2n) is 7.07. The quantitative estimate of drug-likeness (QED) is 0.907. The molecular formula is C22H28N2O. The lowest BCUT2D eigenvalue weighted by Crippen LogP contribution is -2.33. The number of hydrogen-bond donors (Lipinski definition) is 1. The largest absolute Gasteiger partial charge is 0.341 e. The first-order valence-electron chi connectivity index (χ1n) is 9.26. The summed E-state index contributed by atoms with van der Waals surface area (Å²) in [7, 11) is 0. The fourth-order valence-corrected chi connectivity index (χ4v) is 3.83. The Morgan fingerprint density at radius 3 is 2.40 bits per heavy atom. The van der Waals surface area contributed by atoms with Crippen molar-refractivity contribution in [2.24, 2.45) is 11.7 Å². The minimum atomic E-state index is -0.112. The molecule has 0 spiro atoms. The number of benzene rings is 2. The van der Waals surface area contributed by atoms with Crippen molar-refractivity contribution in [2.75, 3.05) is 19.6 Å². The fourth-order valence-electron chi connectivity index (χ4n) is 3.83. The molecule has 3 heteroatoms. The van der Waals surface area contributed by atoms with Gasteiger partial charge in [0.25, 0.3) is 0 Å². The topological polar surface area (TPSA) is 46.3 Å². The lowest BCUT2D eigenvalue weighted by atomic mass is 9.89. The Morgan fingerprint density at radius 1 is 1.12 bits per heavy atom. The second-order valence-corrected chi connectivity index (χ2v) is 7.07. The Morgan fingerprint density at radius 2 is 1.80 bits per heavy atom. The van der Waals surface area contributed by atoms with E-state index in [9.17, 15) is 4.79 Å². The van der Waals surface area contributed by atoms with Crippen LogP contribution < -0.4 is 5.73 Å².